The second kappa shape index (κ2) is 9.86. The largest absolute Gasteiger partial charge is 0.483 e. The van der Waals surface area contributed by atoms with Crippen LogP contribution in [0.1, 0.15) is 16.7 Å². The third kappa shape index (κ3) is 4.83. The van der Waals surface area contributed by atoms with E-state index in [4.69, 9.17) is 20.4 Å². The summed E-state index contributed by atoms with van der Waals surface area (Å²) in [7, 11) is 0. The van der Waals surface area contributed by atoms with Crippen LogP contribution in [0.3, 0.4) is 0 Å². The maximum atomic E-state index is 12.6. The lowest BCUT2D eigenvalue weighted by molar-refractivity contribution is -0.122. The molecule has 1 aromatic heterocycles. The minimum Gasteiger partial charge on any atom is -0.483 e. The van der Waals surface area contributed by atoms with Gasteiger partial charge in [-0.3, -0.25) is 9.78 Å². The van der Waals surface area contributed by atoms with E-state index in [0.717, 1.165) is 22.3 Å². The molecule has 0 saturated carbocycles. The van der Waals surface area contributed by atoms with E-state index in [1.165, 1.54) is 6.07 Å². The van der Waals surface area contributed by atoms with Gasteiger partial charge in [-0.05, 0) is 59.0 Å². The first-order valence-electron chi connectivity index (χ1n) is 9.52. The molecular formula is C23H21F2N3O4. The first-order valence-corrected chi connectivity index (χ1v) is 9.52. The van der Waals surface area contributed by atoms with Crippen LogP contribution in [0.25, 0.3) is 11.1 Å². The van der Waals surface area contributed by atoms with Gasteiger partial charge in [0.1, 0.15) is 12.4 Å². The molecule has 7 nitrogen and oxygen atoms in total. The van der Waals surface area contributed by atoms with Crippen LogP contribution < -0.4 is 10.5 Å². The van der Waals surface area contributed by atoms with Crippen LogP contribution >= 0.6 is 0 Å². The molecule has 0 amide bonds. The lowest BCUT2D eigenvalue weighted by Crippen LogP contribution is -2.27. The van der Waals surface area contributed by atoms with Crippen molar-refractivity contribution in [2.45, 2.75) is 19.1 Å². The average molecular weight is 441 g/mol. The SMILES string of the molecule is Cc1cc(C2(c3cccc(-c4cccnc4)c3)COC(N)=N2)ccc1OC(F)F.O=CO. The van der Waals surface area contributed by atoms with Crippen molar-refractivity contribution in [3.63, 3.8) is 0 Å². The molecule has 3 N–H and O–H groups in total. The van der Waals surface area contributed by atoms with Crippen LogP contribution in [-0.2, 0) is 15.1 Å². The molecule has 0 aliphatic carbocycles. The molecule has 9 heteroatoms. The molecule has 1 atom stereocenters. The van der Waals surface area contributed by atoms with Gasteiger partial charge >= 0.3 is 6.61 Å². The van der Waals surface area contributed by atoms with Crippen LogP contribution in [0.5, 0.6) is 5.75 Å². The summed E-state index contributed by atoms with van der Waals surface area (Å²) in [5.74, 6) is 0.124. The normalized spacial score (nSPS) is 17.1. The number of aromatic nitrogens is 1. The Morgan fingerprint density at radius 1 is 1.16 bits per heavy atom. The highest BCUT2D eigenvalue weighted by atomic mass is 19.3. The summed E-state index contributed by atoms with van der Waals surface area (Å²) in [6, 6.07) is 16.8. The number of rotatable bonds is 5. The van der Waals surface area contributed by atoms with E-state index in [1.807, 2.05) is 36.4 Å². The van der Waals surface area contributed by atoms with Gasteiger partial charge in [0.15, 0.2) is 5.54 Å². The molecule has 1 aliphatic rings. The molecule has 0 bridgehead atoms. The van der Waals surface area contributed by atoms with Crippen molar-refractivity contribution in [3.8, 4) is 16.9 Å². The number of nitrogens with zero attached hydrogens (tertiary/aromatic N) is 2. The summed E-state index contributed by atoms with van der Waals surface area (Å²) >= 11 is 0. The van der Waals surface area contributed by atoms with Gasteiger partial charge in [0, 0.05) is 12.4 Å². The number of aliphatic imine (C=N–C) groups is 1. The predicted octanol–water partition coefficient (Wildman–Crippen LogP) is 3.95. The average Bonchev–Trinajstić information content (AvgIpc) is 3.19. The Balaban J connectivity index is 0.000000913. The zero-order valence-electron chi connectivity index (χ0n) is 17.1. The molecule has 1 aliphatic heterocycles. The van der Waals surface area contributed by atoms with Gasteiger partial charge in [-0.15, -0.1) is 0 Å². The number of carbonyl (C=O) groups is 1. The van der Waals surface area contributed by atoms with E-state index in [-0.39, 0.29) is 24.9 Å². The Morgan fingerprint density at radius 2 is 1.88 bits per heavy atom. The lowest BCUT2D eigenvalue weighted by atomic mass is 9.82. The number of hydrogen-bond donors (Lipinski definition) is 2. The van der Waals surface area contributed by atoms with E-state index >= 15 is 0 Å². The van der Waals surface area contributed by atoms with Gasteiger partial charge in [-0.1, -0.05) is 30.3 Å². The quantitative estimate of drug-likeness (QED) is 0.581. The second-order valence-corrected chi connectivity index (χ2v) is 6.89. The minimum atomic E-state index is -2.88. The Bertz CT molecular complexity index is 1110. The highest BCUT2D eigenvalue weighted by molar-refractivity contribution is 5.76. The van der Waals surface area contributed by atoms with Crippen LogP contribution in [0.4, 0.5) is 8.78 Å². The number of nitrogens with two attached hydrogens (primary N) is 1. The monoisotopic (exact) mass is 441 g/mol. The van der Waals surface area contributed by atoms with Crippen LogP contribution in [0.15, 0.2) is 72.0 Å². The summed E-state index contributed by atoms with van der Waals surface area (Å²) in [5, 5.41) is 6.89. The minimum absolute atomic E-state index is 0.0855. The molecular weight excluding hydrogens is 420 g/mol. The third-order valence-corrected chi connectivity index (χ3v) is 4.93. The van der Waals surface area contributed by atoms with E-state index in [9.17, 15) is 8.78 Å². The number of carboxylic acid groups (broad SMARTS) is 1. The molecule has 32 heavy (non-hydrogen) atoms. The van der Waals surface area contributed by atoms with Gasteiger partial charge in [-0.2, -0.15) is 8.78 Å². The van der Waals surface area contributed by atoms with E-state index < -0.39 is 12.2 Å². The summed E-state index contributed by atoms with van der Waals surface area (Å²) in [6.45, 7) is -1.21. The van der Waals surface area contributed by atoms with Crippen LogP contribution in [0.2, 0.25) is 0 Å². The number of benzene rings is 2. The number of halogens is 2. The van der Waals surface area contributed by atoms with E-state index in [2.05, 4.69) is 14.7 Å². The van der Waals surface area contributed by atoms with Gasteiger partial charge in [0.2, 0.25) is 0 Å². The molecule has 0 fully saturated rings. The molecule has 2 aromatic carbocycles. The number of pyridine rings is 1. The predicted molar refractivity (Wildman–Crippen MR) is 115 cm³/mol. The first kappa shape index (κ1) is 22.7. The maximum Gasteiger partial charge on any atom is 0.387 e. The molecule has 1 unspecified atom stereocenters. The van der Waals surface area contributed by atoms with Gasteiger partial charge in [-0.25, -0.2) is 4.99 Å². The second-order valence-electron chi connectivity index (χ2n) is 6.89. The fraction of sp³-hybridized carbons (Fsp3) is 0.174. The van der Waals surface area contributed by atoms with Crippen molar-refractivity contribution >= 4 is 12.5 Å². The molecule has 166 valence electrons. The Hall–Kier alpha value is -4.01. The van der Waals surface area contributed by atoms with E-state index in [0.29, 0.717) is 5.56 Å². The fourth-order valence-corrected chi connectivity index (χ4v) is 3.52. The Kier molecular flexibility index (Phi) is 6.99. The van der Waals surface area contributed by atoms with Gasteiger partial charge in [0.05, 0.1) is 0 Å². The molecule has 0 radical (unpaired) electrons. The number of alkyl halides is 2. The standard InChI is InChI=1S/C22H19F2N3O2.CH2O2/c1-14-10-18(7-8-19(14)29-20(23)24)22(13-28-21(25)27-22)17-6-2-4-15(11-17)16-5-3-9-26-12-16;2-1-3/h2-12,20H,13H2,1H3,(H2,25,27);1H,(H,2,3). The molecule has 4 rings (SSSR count). The van der Waals surface area contributed by atoms with E-state index in [1.54, 1.807) is 31.5 Å². The number of ether oxygens (including phenoxy) is 2. The zero-order valence-corrected chi connectivity index (χ0v) is 17.1. The van der Waals surface area contributed by atoms with Crippen molar-refractivity contribution in [2.75, 3.05) is 6.61 Å². The van der Waals surface area contributed by atoms with Crippen molar-refractivity contribution in [1.29, 1.82) is 0 Å². The van der Waals surface area contributed by atoms with Crippen molar-refractivity contribution in [3.05, 3.63) is 83.7 Å². The Morgan fingerprint density at radius 3 is 2.47 bits per heavy atom. The highest BCUT2D eigenvalue weighted by Gasteiger charge is 2.40. The van der Waals surface area contributed by atoms with Crippen molar-refractivity contribution in [2.24, 2.45) is 10.7 Å². The number of aryl methyl sites for hydroxylation is 1. The third-order valence-electron chi connectivity index (χ3n) is 4.93. The maximum absolute atomic E-state index is 12.6. The summed E-state index contributed by atoms with van der Waals surface area (Å²) < 4.78 is 35.3. The number of amidine groups is 1. The summed E-state index contributed by atoms with van der Waals surface area (Å²) in [6.07, 6.45) is 3.51. The molecule has 2 heterocycles. The molecule has 0 spiro atoms. The summed E-state index contributed by atoms with van der Waals surface area (Å²) in [4.78, 5) is 17.1. The molecule has 3 aromatic rings. The van der Waals surface area contributed by atoms with Crippen molar-refractivity contribution in [1.82, 2.24) is 4.98 Å². The zero-order chi connectivity index (χ0) is 23.1. The fourth-order valence-electron chi connectivity index (χ4n) is 3.52. The summed E-state index contributed by atoms with van der Waals surface area (Å²) in [5.41, 5.74) is 9.16. The first-order chi connectivity index (χ1) is 15.4. The number of hydrogen-bond acceptors (Lipinski definition) is 6. The lowest BCUT2D eigenvalue weighted by Gasteiger charge is -2.26. The van der Waals surface area contributed by atoms with Crippen LogP contribution in [-0.4, -0.2) is 35.8 Å². The highest BCUT2D eigenvalue weighted by Crippen LogP contribution is 2.40. The molecule has 0 saturated heterocycles. The smallest absolute Gasteiger partial charge is 0.387 e. The topological polar surface area (TPSA) is 107 Å². The van der Waals surface area contributed by atoms with Gasteiger partial charge in [0.25, 0.3) is 12.5 Å². The van der Waals surface area contributed by atoms with Crippen LogP contribution in [0, 0.1) is 6.92 Å². The van der Waals surface area contributed by atoms with Crippen molar-refractivity contribution < 1.29 is 28.2 Å². The Labute approximate surface area is 183 Å². The van der Waals surface area contributed by atoms with Gasteiger partial charge < -0.3 is 20.3 Å².